The number of pyridine rings is 1. The summed E-state index contributed by atoms with van der Waals surface area (Å²) in [6.45, 7) is 0.523. The van der Waals surface area contributed by atoms with Crippen LogP contribution in [0.2, 0.25) is 0 Å². The van der Waals surface area contributed by atoms with Gasteiger partial charge in [-0.15, -0.1) is 24.0 Å². The summed E-state index contributed by atoms with van der Waals surface area (Å²) < 4.78 is 0. The normalized spacial score (nSPS) is 10.7. The quantitative estimate of drug-likeness (QED) is 0.473. The van der Waals surface area contributed by atoms with E-state index in [1.807, 2.05) is 61.5 Å². The zero-order chi connectivity index (χ0) is 14.4. The Morgan fingerprint density at radius 3 is 2.62 bits per heavy atom. The standard InChI is InChI=1S/C15H19N5.HI/c1-20(2)14-10-12(8-9-17-14)11-18-15(16)19-13-6-4-3-5-7-13;/h3-10H,11H2,1-2H3,(H3,16,18,19);1H. The molecule has 0 spiro atoms. The number of nitrogens with one attached hydrogen (secondary N) is 1. The average Bonchev–Trinajstić information content (AvgIpc) is 2.46. The molecule has 0 aliphatic carbocycles. The van der Waals surface area contributed by atoms with Gasteiger partial charge in [-0.1, -0.05) is 18.2 Å². The molecule has 0 saturated heterocycles. The second-order valence-corrected chi connectivity index (χ2v) is 4.61. The van der Waals surface area contributed by atoms with Crippen LogP contribution in [0.1, 0.15) is 5.56 Å². The summed E-state index contributed by atoms with van der Waals surface area (Å²) >= 11 is 0. The highest BCUT2D eigenvalue weighted by atomic mass is 127. The molecular weight excluding hydrogens is 377 g/mol. The Morgan fingerprint density at radius 2 is 1.95 bits per heavy atom. The van der Waals surface area contributed by atoms with E-state index in [4.69, 9.17) is 5.73 Å². The number of nitrogens with zero attached hydrogens (tertiary/aromatic N) is 3. The maximum Gasteiger partial charge on any atom is 0.193 e. The van der Waals surface area contributed by atoms with Gasteiger partial charge in [-0.2, -0.15) is 0 Å². The van der Waals surface area contributed by atoms with Crippen LogP contribution in [0.5, 0.6) is 0 Å². The van der Waals surface area contributed by atoms with Gasteiger partial charge in [0.25, 0.3) is 0 Å². The molecule has 112 valence electrons. The van der Waals surface area contributed by atoms with E-state index < -0.39 is 0 Å². The fourth-order valence-electron chi connectivity index (χ4n) is 1.69. The minimum Gasteiger partial charge on any atom is -0.370 e. The number of guanidine groups is 1. The van der Waals surface area contributed by atoms with Gasteiger partial charge in [0.2, 0.25) is 0 Å². The van der Waals surface area contributed by atoms with Gasteiger partial charge in [0, 0.05) is 26.0 Å². The minimum absolute atomic E-state index is 0. The number of halogens is 1. The second-order valence-electron chi connectivity index (χ2n) is 4.61. The summed E-state index contributed by atoms with van der Waals surface area (Å²) in [6, 6.07) is 13.7. The van der Waals surface area contributed by atoms with Gasteiger partial charge in [0.15, 0.2) is 5.96 Å². The van der Waals surface area contributed by atoms with Crippen LogP contribution in [-0.4, -0.2) is 25.0 Å². The first kappa shape index (κ1) is 17.2. The van der Waals surface area contributed by atoms with Gasteiger partial charge >= 0.3 is 0 Å². The first-order chi connectivity index (χ1) is 9.65. The van der Waals surface area contributed by atoms with Crippen molar-refractivity contribution in [2.24, 2.45) is 10.7 Å². The molecule has 0 radical (unpaired) electrons. The molecule has 2 aromatic rings. The SMILES string of the molecule is CN(C)c1cc(CN=C(N)Nc2ccccc2)ccn1.I. The molecule has 6 heteroatoms. The zero-order valence-electron chi connectivity index (χ0n) is 12.2. The number of aliphatic imine (C=N–C) groups is 1. The third-order valence-corrected chi connectivity index (χ3v) is 2.75. The van der Waals surface area contributed by atoms with E-state index >= 15 is 0 Å². The highest BCUT2D eigenvalue weighted by Crippen LogP contribution is 2.10. The predicted molar refractivity (Wildman–Crippen MR) is 99.4 cm³/mol. The molecule has 21 heavy (non-hydrogen) atoms. The fraction of sp³-hybridized carbons (Fsp3) is 0.200. The van der Waals surface area contributed by atoms with Crippen LogP contribution < -0.4 is 16.0 Å². The van der Waals surface area contributed by atoms with Crippen LogP contribution in [-0.2, 0) is 6.54 Å². The molecule has 1 aromatic heterocycles. The molecule has 0 unspecified atom stereocenters. The molecule has 5 nitrogen and oxygen atoms in total. The van der Waals surface area contributed by atoms with Crippen LogP contribution in [0, 0.1) is 0 Å². The lowest BCUT2D eigenvalue weighted by Crippen LogP contribution is -2.22. The predicted octanol–water partition coefficient (Wildman–Crippen LogP) is 2.69. The number of benzene rings is 1. The van der Waals surface area contributed by atoms with E-state index in [9.17, 15) is 0 Å². The summed E-state index contributed by atoms with van der Waals surface area (Å²) in [5, 5.41) is 3.05. The van der Waals surface area contributed by atoms with Crippen molar-refractivity contribution in [3.8, 4) is 0 Å². The molecule has 0 saturated carbocycles. The van der Waals surface area contributed by atoms with Gasteiger partial charge < -0.3 is 16.0 Å². The lowest BCUT2D eigenvalue weighted by Gasteiger charge is -2.11. The summed E-state index contributed by atoms with van der Waals surface area (Å²) in [5.74, 6) is 1.31. The van der Waals surface area contributed by atoms with Crippen molar-refractivity contribution in [2.45, 2.75) is 6.54 Å². The molecule has 1 aromatic carbocycles. The zero-order valence-corrected chi connectivity index (χ0v) is 14.5. The molecule has 0 aliphatic heterocycles. The topological polar surface area (TPSA) is 66.5 Å². The molecule has 0 aliphatic rings. The third-order valence-electron chi connectivity index (χ3n) is 2.75. The number of nitrogens with two attached hydrogens (primary N) is 1. The molecule has 2 rings (SSSR count). The van der Waals surface area contributed by atoms with Crippen LogP contribution in [0.3, 0.4) is 0 Å². The molecule has 0 atom stereocenters. The van der Waals surface area contributed by atoms with Crippen molar-refractivity contribution in [3.63, 3.8) is 0 Å². The average molecular weight is 397 g/mol. The summed E-state index contributed by atoms with van der Waals surface area (Å²) in [6.07, 6.45) is 1.78. The van der Waals surface area contributed by atoms with E-state index in [2.05, 4.69) is 15.3 Å². The Labute approximate surface area is 142 Å². The van der Waals surface area contributed by atoms with Crippen molar-refractivity contribution in [2.75, 3.05) is 24.3 Å². The van der Waals surface area contributed by atoms with E-state index in [1.54, 1.807) is 6.20 Å². The van der Waals surface area contributed by atoms with Gasteiger partial charge in [-0.3, -0.25) is 0 Å². The molecule has 0 amide bonds. The second kappa shape index (κ2) is 8.46. The highest BCUT2D eigenvalue weighted by molar-refractivity contribution is 14.0. The van der Waals surface area contributed by atoms with Gasteiger partial charge in [-0.05, 0) is 29.8 Å². The van der Waals surface area contributed by atoms with E-state index in [0.717, 1.165) is 17.1 Å². The maximum absolute atomic E-state index is 5.86. The third kappa shape index (κ3) is 5.58. The monoisotopic (exact) mass is 397 g/mol. The van der Waals surface area contributed by atoms with Gasteiger partial charge in [0.1, 0.15) is 5.82 Å². The van der Waals surface area contributed by atoms with Crippen LogP contribution in [0.25, 0.3) is 0 Å². The lowest BCUT2D eigenvalue weighted by atomic mass is 10.2. The van der Waals surface area contributed by atoms with Crippen molar-refractivity contribution >= 4 is 41.4 Å². The van der Waals surface area contributed by atoms with E-state index in [-0.39, 0.29) is 24.0 Å². The van der Waals surface area contributed by atoms with Gasteiger partial charge in [0.05, 0.1) is 6.54 Å². The van der Waals surface area contributed by atoms with Crippen molar-refractivity contribution in [1.29, 1.82) is 0 Å². The number of para-hydroxylation sites is 1. The maximum atomic E-state index is 5.86. The fourth-order valence-corrected chi connectivity index (χ4v) is 1.69. The Hall–Kier alpha value is -1.83. The number of anilines is 2. The smallest absolute Gasteiger partial charge is 0.193 e. The molecule has 0 fully saturated rings. The molecule has 0 bridgehead atoms. The molecular formula is C15H20IN5. The summed E-state index contributed by atoms with van der Waals surface area (Å²) in [7, 11) is 3.92. The van der Waals surface area contributed by atoms with E-state index in [1.165, 1.54) is 0 Å². The molecule has 3 N–H and O–H groups in total. The van der Waals surface area contributed by atoms with Crippen LogP contribution in [0.15, 0.2) is 53.7 Å². The Morgan fingerprint density at radius 1 is 1.24 bits per heavy atom. The van der Waals surface area contributed by atoms with Crippen molar-refractivity contribution < 1.29 is 0 Å². The number of hydrogen-bond donors (Lipinski definition) is 2. The summed E-state index contributed by atoms with van der Waals surface area (Å²) in [5.41, 5.74) is 7.86. The summed E-state index contributed by atoms with van der Waals surface area (Å²) in [4.78, 5) is 10.5. The van der Waals surface area contributed by atoms with Crippen molar-refractivity contribution in [1.82, 2.24) is 4.98 Å². The number of hydrogen-bond acceptors (Lipinski definition) is 3. The Bertz CT molecular complexity index is 584. The number of aromatic nitrogens is 1. The largest absolute Gasteiger partial charge is 0.370 e. The van der Waals surface area contributed by atoms with Crippen molar-refractivity contribution in [3.05, 3.63) is 54.2 Å². The number of rotatable bonds is 4. The van der Waals surface area contributed by atoms with E-state index in [0.29, 0.717) is 12.5 Å². The lowest BCUT2D eigenvalue weighted by molar-refractivity contribution is 1.02. The molecule has 1 heterocycles. The highest BCUT2D eigenvalue weighted by Gasteiger charge is 1.99. The van der Waals surface area contributed by atoms with Crippen LogP contribution in [0.4, 0.5) is 11.5 Å². The van der Waals surface area contributed by atoms with Crippen LogP contribution >= 0.6 is 24.0 Å². The Balaban J connectivity index is 0.00000220. The Kier molecular flexibility index (Phi) is 6.93. The first-order valence-electron chi connectivity index (χ1n) is 6.39. The van der Waals surface area contributed by atoms with Gasteiger partial charge in [-0.25, -0.2) is 9.98 Å². The minimum atomic E-state index is 0. The first-order valence-corrected chi connectivity index (χ1v) is 6.39.